The summed E-state index contributed by atoms with van der Waals surface area (Å²) in [5.41, 5.74) is 5.26. The first-order chi connectivity index (χ1) is 15.7. The number of nitrogens with one attached hydrogen (secondary N) is 1. The lowest BCUT2D eigenvalue weighted by Crippen LogP contribution is -2.30. The van der Waals surface area contributed by atoms with E-state index in [1.54, 1.807) is 6.07 Å². The fraction of sp³-hybridized carbons (Fsp3) is 0.400. The van der Waals surface area contributed by atoms with Crippen LogP contribution in [0.3, 0.4) is 0 Å². The van der Waals surface area contributed by atoms with E-state index < -0.39 is 5.97 Å². The van der Waals surface area contributed by atoms with E-state index in [9.17, 15) is 14.7 Å². The van der Waals surface area contributed by atoms with Gasteiger partial charge in [0.25, 0.3) is 0 Å². The van der Waals surface area contributed by atoms with Gasteiger partial charge < -0.3 is 15.0 Å². The molecule has 0 fully saturated rings. The molecular weight excluding hydrogens is 502 g/mol. The van der Waals surface area contributed by atoms with Crippen molar-refractivity contribution in [1.29, 1.82) is 0 Å². The highest BCUT2D eigenvalue weighted by Crippen LogP contribution is 2.26. The summed E-state index contributed by atoms with van der Waals surface area (Å²) in [6.07, 6.45) is 3.46. The van der Waals surface area contributed by atoms with Crippen LogP contribution in [-0.4, -0.2) is 31.8 Å². The summed E-state index contributed by atoms with van der Waals surface area (Å²) < 4.78 is 2.75. The van der Waals surface area contributed by atoms with Gasteiger partial charge >= 0.3 is 5.97 Å². The number of thiol groups is 1. The van der Waals surface area contributed by atoms with Crippen LogP contribution in [0.5, 0.6) is 0 Å². The Hall–Kier alpha value is -2.32. The van der Waals surface area contributed by atoms with Gasteiger partial charge in [-0.3, -0.25) is 4.79 Å². The van der Waals surface area contributed by atoms with Gasteiger partial charge in [0.15, 0.2) is 0 Å². The Morgan fingerprint density at radius 1 is 1.18 bits per heavy atom. The molecule has 0 bridgehead atoms. The summed E-state index contributed by atoms with van der Waals surface area (Å²) >= 11 is 7.77. The van der Waals surface area contributed by atoms with E-state index in [0.717, 1.165) is 59.2 Å². The van der Waals surface area contributed by atoms with Crippen LogP contribution in [0, 0.1) is 6.92 Å². The number of nitrogens with zero attached hydrogens (tertiary/aromatic N) is 2. The third-order valence-electron chi connectivity index (χ3n) is 5.59. The van der Waals surface area contributed by atoms with Crippen molar-refractivity contribution in [2.75, 3.05) is 0 Å². The highest BCUT2D eigenvalue weighted by molar-refractivity contribution is 9.10. The van der Waals surface area contributed by atoms with Crippen LogP contribution in [0.1, 0.15) is 66.0 Å². The Bertz CT molecular complexity index is 1180. The predicted octanol–water partition coefficient (Wildman–Crippen LogP) is 5.52. The smallest absolute Gasteiger partial charge is 0.336 e. The van der Waals surface area contributed by atoms with Crippen molar-refractivity contribution in [3.8, 4) is 0 Å². The van der Waals surface area contributed by atoms with Gasteiger partial charge in [0.1, 0.15) is 5.82 Å². The SMILES string of the molecule is CCCc1nc2c(C)cc(CNC(=O)[C@@H](S)CCC)cc2n1Cc1ccc(C(=O)O)c(Br)c1. The molecule has 3 aromatic rings. The van der Waals surface area contributed by atoms with E-state index in [2.05, 4.69) is 57.5 Å². The number of halogens is 1. The third-order valence-corrected chi connectivity index (χ3v) is 6.74. The molecule has 1 amide bonds. The number of aromatic carboxylic acids is 1. The molecule has 6 nitrogen and oxygen atoms in total. The minimum atomic E-state index is -0.960. The fourth-order valence-corrected chi connectivity index (χ4v) is 4.88. The second-order valence-electron chi connectivity index (χ2n) is 8.29. The molecule has 176 valence electrons. The van der Waals surface area contributed by atoms with Crippen LogP contribution in [-0.2, 0) is 24.3 Å². The number of carbonyl (C=O) groups excluding carboxylic acids is 1. The van der Waals surface area contributed by atoms with Crippen molar-refractivity contribution in [1.82, 2.24) is 14.9 Å². The summed E-state index contributed by atoms with van der Waals surface area (Å²) in [5.74, 6) is -0.0204. The minimum absolute atomic E-state index is 0.0542. The first kappa shape index (κ1) is 25.3. The summed E-state index contributed by atoms with van der Waals surface area (Å²) in [5, 5.41) is 12.0. The van der Waals surface area contributed by atoms with Crippen LogP contribution in [0.25, 0.3) is 11.0 Å². The Morgan fingerprint density at radius 2 is 1.94 bits per heavy atom. The van der Waals surface area contributed by atoms with Gasteiger partial charge in [-0.15, -0.1) is 0 Å². The van der Waals surface area contributed by atoms with Crippen molar-refractivity contribution >= 4 is 51.5 Å². The van der Waals surface area contributed by atoms with Crippen LogP contribution in [0.4, 0.5) is 0 Å². The number of amides is 1. The summed E-state index contributed by atoms with van der Waals surface area (Å²) in [7, 11) is 0. The topological polar surface area (TPSA) is 84.2 Å². The van der Waals surface area contributed by atoms with Gasteiger partial charge in [0.05, 0.1) is 21.8 Å². The number of aromatic nitrogens is 2. The van der Waals surface area contributed by atoms with Crippen LogP contribution in [0.2, 0.25) is 0 Å². The molecule has 0 saturated heterocycles. The second-order valence-corrected chi connectivity index (χ2v) is 9.76. The van der Waals surface area contributed by atoms with Crippen molar-refractivity contribution < 1.29 is 14.7 Å². The number of imidazole rings is 1. The standard InChI is InChI=1S/C25H30BrN3O3S/c1-4-6-21(33)24(30)27-13-17-10-15(3)23-20(12-17)29(22(28-23)7-5-2)14-16-8-9-18(25(31)32)19(26)11-16/h8-12,21,33H,4-7,13-14H2,1-3H3,(H,27,30)(H,31,32)/t21-/m0/s1. The number of benzene rings is 2. The molecule has 1 atom stereocenters. The fourth-order valence-electron chi connectivity index (χ4n) is 3.93. The third kappa shape index (κ3) is 5.98. The molecule has 0 spiro atoms. The van der Waals surface area contributed by atoms with E-state index >= 15 is 0 Å². The van der Waals surface area contributed by atoms with Gasteiger partial charge in [0.2, 0.25) is 5.91 Å². The van der Waals surface area contributed by atoms with E-state index in [1.807, 2.05) is 26.0 Å². The number of rotatable bonds is 10. The molecule has 0 aliphatic heterocycles. The largest absolute Gasteiger partial charge is 0.478 e. The van der Waals surface area contributed by atoms with Crippen molar-refractivity contribution in [3.63, 3.8) is 0 Å². The van der Waals surface area contributed by atoms with Crippen molar-refractivity contribution in [3.05, 3.63) is 62.9 Å². The molecule has 0 aliphatic carbocycles. The normalized spacial score (nSPS) is 12.2. The Labute approximate surface area is 208 Å². The van der Waals surface area contributed by atoms with E-state index in [1.165, 1.54) is 0 Å². The maximum Gasteiger partial charge on any atom is 0.336 e. The summed E-state index contributed by atoms with van der Waals surface area (Å²) in [4.78, 5) is 28.6. The molecule has 2 N–H and O–H groups in total. The molecule has 0 saturated carbocycles. The minimum Gasteiger partial charge on any atom is -0.478 e. The van der Waals surface area contributed by atoms with Gasteiger partial charge in [-0.25, -0.2) is 9.78 Å². The van der Waals surface area contributed by atoms with E-state index in [4.69, 9.17) is 4.98 Å². The van der Waals surface area contributed by atoms with Crippen LogP contribution >= 0.6 is 28.6 Å². The van der Waals surface area contributed by atoms with Gasteiger partial charge in [-0.2, -0.15) is 12.6 Å². The zero-order valence-corrected chi connectivity index (χ0v) is 21.7. The number of aryl methyl sites for hydroxylation is 2. The van der Waals surface area contributed by atoms with Crippen molar-refractivity contribution in [2.45, 2.75) is 64.8 Å². The molecule has 1 heterocycles. The molecule has 0 aliphatic rings. The van der Waals surface area contributed by atoms with E-state index in [-0.39, 0.29) is 16.7 Å². The molecule has 0 unspecified atom stereocenters. The monoisotopic (exact) mass is 531 g/mol. The molecule has 3 rings (SSSR count). The molecule has 8 heteroatoms. The summed E-state index contributed by atoms with van der Waals surface area (Å²) in [6, 6.07) is 9.47. The lowest BCUT2D eigenvalue weighted by Gasteiger charge is -2.13. The van der Waals surface area contributed by atoms with Gasteiger partial charge in [-0.1, -0.05) is 32.4 Å². The number of carbonyl (C=O) groups is 2. The molecule has 33 heavy (non-hydrogen) atoms. The zero-order chi connectivity index (χ0) is 24.1. The highest BCUT2D eigenvalue weighted by atomic mass is 79.9. The molecule has 1 aromatic heterocycles. The number of carboxylic acid groups (broad SMARTS) is 1. The lowest BCUT2D eigenvalue weighted by molar-refractivity contribution is -0.120. The summed E-state index contributed by atoms with van der Waals surface area (Å²) in [6.45, 7) is 7.21. The highest BCUT2D eigenvalue weighted by Gasteiger charge is 2.17. The Kier molecular flexibility index (Phi) is 8.59. The number of carboxylic acids is 1. The molecular formula is C25H30BrN3O3S. The Morgan fingerprint density at radius 3 is 2.58 bits per heavy atom. The van der Waals surface area contributed by atoms with Gasteiger partial charge in [0, 0.05) is 24.0 Å². The zero-order valence-electron chi connectivity index (χ0n) is 19.2. The van der Waals surface area contributed by atoms with Crippen LogP contribution in [0.15, 0.2) is 34.8 Å². The lowest BCUT2D eigenvalue weighted by atomic mass is 10.1. The first-order valence-electron chi connectivity index (χ1n) is 11.2. The quantitative estimate of drug-likeness (QED) is 0.300. The van der Waals surface area contributed by atoms with Gasteiger partial charge in [-0.05, 0) is 70.6 Å². The maximum absolute atomic E-state index is 12.3. The predicted molar refractivity (Wildman–Crippen MR) is 138 cm³/mol. The van der Waals surface area contributed by atoms with E-state index in [0.29, 0.717) is 17.6 Å². The maximum atomic E-state index is 12.3. The van der Waals surface area contributed by atoms with Crippen molar-refractivity contribution in [2.24, 2.45) is 0 Å². The Balaban J connectivity index is 1.95. The first-order valence-corrected chi connectivity index (χ1v) is 12.5. The number of fused-ring (bicyclic) bond motifs is 1. The number of hydrogen-bond donors (Lipinski definition) is 3. The molecule has 0 radical (unpaired) electrons. The second kappa shape index (κ2) is 11.2. The van der Waals surface area contributed by atoms with Crippen LogP contribution < -0.4 is 5.32 Å². The average molecular weight is 533 g/mol. The average Bonchev–Trinajstić information content (AvgIpc) is 3.10. The molecule has 2 aromatic carbocycles. The number of hydrogen-bond acceptors (Lipinski definition) is 4.